The highest BCUT2D eigenvalue weighted by Gasteiger charge is 2.24. The van der Waals surface area contributed by atoms with Crippen molar-refractivity contribution in [3.05, 3.63) is 29.6 Å². The Labute approximate surface area is 106 Å². The number of amides is 1. The zero-order valence-electron chi connectivity index (χ0n) is 11.0. The summed E-state index contributed by atoms with van der Waals surface area (Å²) in [5, 5.41) is 11.8. The Balaban J connectivity index is 2.95. The Hall–Kier alpha value is -1.91. The molecule has 1 heterocycles. The second kappa shape index (κ2) is 5.16. The van der Waals surface area contributed by atoms with Gasteiger partial charge in [-0.15, -0.1) is 0 Å². The number of nitrogens with one attached hydrogen (secondary N) is 1. The lowest BCUT2D eigenvalue weighted by molar-refractivity contribution is 0.0689. The van der Waals surface area contributed by atoms with E-state index in [1.807, 2.05) is 27.7 Å². The van der Waals surface area contributed by atoms with Gasteiger partial charge in [0.15, 0.2) is 0 Å². The molecule has 0 radical (unpaired) electrons. The Morgan fingerprint density at radius 3 is 2.44 bits per heavy atom. The average molecular weight is 250 g/mol. The molecule has 0 saturated heterocycles. The fraction of sp³-hybridized carbons (Fsp3) is 0.462. The predicted octanol–water partition coefficient (Wildman–Crippen LogP) is 1.94. The summed E-state index contributed by atoms with van der Waals surface area (Å²) in [5.74, 6) is -1.55. The van der Waals surface area contributed by atoms with Crippen molar-refractivity contribution in [3.63, 3.8) is 0 Å². The van der Waals surface area contributed by atoms with Crippen molar-refractivity contribution in [2.45, 2.75) is 33.7 Å². The van der Waals surface area contributed by atoms with Crippen LogP contribution in [0.1, 0.15) is 48.4 Å². The molecular formula is C13H18N2O3. The maximum atomic E-state index is 12.0. The maximum absolute atomic E-state index is 12.0. The number of hydrogen-bond acceptors (Lipinski definition) is 3. The Morgan fingerprint density at radius 1 is 1.33 bits per heavy atom. The average Bonchev–Trinajstić information content (AvgIpc) is 2.27. The van der Waals surface area contributed by atoms with Gasteiger partial charge in [-0.2, -0.15) is 0 Å². The highest BCUT2D eigenvalue weighted by molar-refractivity contribution is 6.04. The molecule has 0 aliphatic rings. The van der Waals surface area contributed by atoms with Crippen LogP contribution in [0.4, 0.5) is 0 Å². The van der Waals surface area contributed by atoms with Gasteiger partial charge in [-0.1, -0.05) is 20.8 Å². The van der Waals surface area contributed by atoms with Crippen molar-refractivity contribution < 1.29 is 14.7 Å². The monoisotopic (exact) mass is 250 g/mol. The fourth-order valence-electron chi connectivity index (χ4n) is 1.25. The first-order valence-corrected chi connectivity index (χ1v) is 5.71. The molecule has 0 aliphatic carbocycles. The smallest absolute Gasteiger partial charge is 0.338 e. The summed E-state index contributed by atoms with van der Waals surface area (Å²) in [4.78, 5) is 26.7. The van der Waals surface area contributed by atoms with E-state index in [1.54, 1.807) is 0 Å². The number of carbonyl (C=O) groups excluding carboxylic acids is 1. The number of aromatic nitrogens is 1. The zero-order chi connectivity index (χ0) is 13.9. The summed E-state index contributed by atoms with van der Waals surface area (Å²) in [6.07, 6.45) is 2.59. The number of carboxylic acids is 1. The lowest BCUT2D eigenvalue weighted by Gasteiger charge is -2.28. The van der Waals surface area contributed by atoms with Crippen LogP contribution in [0.5, 0.6) is 0 Å². The molecule has 0 saturated carbocycles. The highest BCUT2D eigenvalue weighted by atomic mass is 16.4. The molecule has 18 heavy (non-hydrogen) atoms. The number of rotatable bonds is 3. The van der Waals surface area contributed by atoms with Crippen LogP contribution in [0.15, 0.2) is 18.5 Å². The Kier molecular flexibility index (Phi) is 4.06. The molecule has 0 aromatic carbocycles. The van der Waals surface area contributed by atoms with Crippen LogP contribution in [-0.2, 0) is 0 Å². The van der Waals surface area contributed by atoms with E-state index in [9.17, 15) is 9.59 Å². The van der Waals surface area contributed by atoms with Gasteiger partial charge >= 0.3 is 5.97 Å². The molecule has 2 N–H and O–H groups in total. The van der Waals surface area contributed by atoms with E-state index in [0.29, 0.717) is 0 Å². The van der Waals surface area contributed by atoms with Crippen LogP contribution in [0.2, 0.25) is 0 Å². The normalized spacial score (nSPS) is 12.9. The standard InChI is InChI=1S/C13H18N2O3/c1-8(13(2,3)4)15-11(16)9-5-6-14-7-10(9)12(17)18/h5-8H,1-4H3,(H,15,16)(H,17,18). The van der Waals surface area contributed by atoms with Gasteiger partial charge in [0.05, 0.1) is 11.1 Å². The molecular weight excluding hydrogens is 232 g/mol. The molecule has 1 atom stereocenters. The minimum atomic E-state index is -1.16. The Bertz CT molecular complexity index is 464. The first kappa shape index (κ1) is 14.2. The summed E-state index contributed by atoms with van der Waals surface area (Å²) >= 11 is 0. The third kappa shape index (κ3) is 3.29. The van der Waals surface area contributed by atoms with E-state index < -0.39 is 11.9 Å². The molecule has 1 amide bonds. The lowest BCUT2D eigenvalue weighted by atomic mass is 9.88. The first-order chi connectivity index (χ1) is 8.23. The number of aromatic carboxylic acids is 1. The second-order valence-electron chi connectivity index (χ2n) is 5.29. The fourth-order valence-corrected chi connectivity index (χ4v) is 1.25. The van der Waals surface area contributed by atoms with Gasteiger partial charge in [0.2, 0.25) is 0 Å². The van der Waals surface area contributed by atoms with Crippen LogP contribution in [0.3, 0.4) is 0 Å². The summed E-state index contributed by atoms with van der Waals surface area (Å²) in [5.41, 5.74) is -0.0452. The van der Waals surface area contributed by atoms with Crippen molar-refractivity contribution in [1.82, 2.24) is 10.3 Å². The van der Waals surface area contributed by atoms with Gasteiger partial charge in [0, 0.05) is 18.4 Å². The third-order valence-corrected chi connectivity index (χ3v) is 2.94. The number of carbonyl (C=O) groups is 2. The van der Waals surface area contributed by atoms with Crippen LogP contribution in [-0.4, -0.2) is 28.0 Å². The number of hydrogen-bond donors (Lipinski definition) is 2. The molecule has 0 fully saturated rings. The Morgan fingerprint density at radius 2 is 1.94 bits per heavy atom. The van der Waals surface area contributed by atoms with Crippen molar-refractivity contribution in [3.8, 4) is 0 Å². The van der Waals surface area contributed by atoms with Gasteiger partial charge in [0.25, 0.3) is 5.91 Å². The quantitative estimate of drug-likeness (QED) is 0.859. The maximum Gasteiger partial charge on any atom is 0.338 e. The molecule has 1 unspecified atom stereocenters. The van der Waals surface area contributed by atoms with Crippen LogP contribution < -0.4 is 5.32 Å². The molecule has 1 aromatic heterocycles. The molecule has 0 aliphatic heterocycles. The first-order valence-electron chi connectivity index (χ1n) is 5.71. The summed E-state index contributed by atoms with van der Waals surface area (Å²) < 4.78 is 0. The summed E-state index contributed by atoms with van der Waals surface area (Å²) in [6.45, 7) is 7.90. The molecule has 5 nitrogen and oxygen atoms in total. The number of carboxylic acid groups (broad SMARTS) is 1. The molecule has 0 spiro atoms. The van der Waals surface area contributed by atoms with Gasteiger partial charge in [0.1, 0.15) is 0 Å². The van der Waals surface area contributed by atoms with Gasteiger partial charge in [-0.25, -0.2) is 4.79 Å². The van der Waals surface area contributed by atoms with Crippen LogP contribution >= 0.6 is 0 Å². The molecule has 5 heteroatoms. The van der Waals surface area contributed by atoms with E-state index in [1.165, 1.54) is 18.5 Å². The van der Waals surface area contributed by atoms with E-state index in [0.717, 1.165) is 0 Å². The zero-order valence-corrected chi connectivity index (χ0v) is 11.0. The summed E-state index contributed by atoms with van der Waals surface area (Å²) in [6, 6.07) is 1.34. The van der Waals surface area contributed by atoms with Crippen molar-refractivity contribution in [2.24, 2.45) is 5.41 Å². The predicted molar refractivity (Wildman–Crippen MR) is 67.6 cm³/mol. The number of pyridine rings is 1. The third-order valence-electron chi connectivity index (χ3n) is 2.94. The van der Waals surface area contributed by atoms with Gasteiger partial charge in [-0.3, -0.25) is 9.78 Å². The van der Waals surface area contributed by atoms with E-state index in [-0.39, 0.29) is 22.6 Å². The SMILES string of the molecule is CC(NC(=O)c1ccncc1C(=O)O)C(C)(C)C. The molecule has 98 valence electrons. The lowest BCUT2D eigenvalue weighted by Crippen LogP contribution is -2.41. The van der Waals surface area contributed by atoms with E-state index in [2.05, 4.69) is 10.3 Å². The van der Waals surface area contributed by atoms with E-state index in [4.69, 9.17) is 5.11 Å². The second-order valence-corrected chi connectivity index (χ2v) is 5.29. The largest absolute Gasteiger partial charge is 0.478 e. The highest BCUT2D eigenvalue weighted by Crippen LogP contribution is 2.19. The minimum absolute atomic E-state index is 0.0696. The molecule has 1 rings (SSSR count). The van der Waals surface area contributed by atoms with Crippen molar-refractivity contribution in [1.29, 1.82) is 0 Å². The molecule has 1 aromatic rings. The van der Waals surface area contributed by atoms with Crippen molar-refractivity contribution >= 4 is 11.9 Å². The minimum Gasteiger partial charge on any atom is -0.478 e. The van der Waals surface area contributed by atoms with Crippen LogP contribution in [0.25, 0.3) is 0 Å². The van der Waals surface area contributed by atoms with Gasteiger partial charge in [-0.05, 0) is 18.4 Å². The van der Waals surface area contributed by atoms with Crippen molar-refractivity contribution in [2.75, 3.05) is 0 Å². The molecule has 0 bridgehead atoms. The van der Waals surface area contributed by atoms with Crippen LogP contribution in [0, 0.1) is 5.41 Å². The van der Waals surface area contributed by atoms with E-state index >= 15 is 0 Å². The van der Waals surface area contributed by atoms with Gasteiger partial charge < -0.3 is 10.4 Å². The summed E-state index contributed by atoms with van der Waals surface area (Å²) in [7, 11) is 0. The number of nitrogens with zero attached hydrogens (tertiary/aromatic N) is 1. The topological polar surface area (TPSA) is 79.3 Å².